The Labute approximate surface area is 218 Å². The van der Waals surface area contributed by atoms with Crippen molar-refractivity contribution in [3.63, 3.8) is 0 Å². The standard InChI is InChI=1S/C25H21F3N8OS/c26-17-7-2-1-6-16(17)23-34-18-11-21(36-31-8-9-32-36)29-12-19(18)35(23)15-5-3-4-14(10-15)33-24(37)25-30-13-20(38-25)22(27)28/h1-2,6-9,11-15,22H,3-5,10H2,(H,33,37)/t14-,15+/m0/s1. The number of carbonyl (C=O) groups is 1. The van der Waals surface area contributed by atoms with Gasteiger partial charge in [0.1, 0.15) is 11.6 Å². The molecule has 0 unspecified atom stereocenters. The molecule has 1 fully saturated rings. The molecule has 9 nitrogen and oxygen atoms in total. The molecule has 4 heterocycles. The largest absolute Gasteiger partial charge is 0.347 e. The minimum absolute atomic E-state index is 0.00603. The summed E-state index contributed by atoms with van der Waals surface area (Å²) in [6, 6.07) is 7.87. The molecule has 0 saturated heterocycles. The number of amides is 1. The molecule has 0 radical (unpaired) electrons. The van der Waals surface area contributed by atoms with Crippen LogP contribution in [0.5, 0.6) is 0 Å². The molecule has 5 aromatic rings. The molecule has 4 aromatic heterocycles. The Morgan fingerprint density at radius 1 is 1.11 bits per heavy atom. The number of rotatable bonds is 6. The van der Waals surface area contributed by atoms with Gasteiger partial charge in [-0.2, -0.15) is 10.2 Å². The van der Waals surface area contributed by atoms with E-state index in [9.17, 15) is 18.0 Å². The normalized spacial score (nSPS) is 17.8. The van der Waals surface area contributed by atoms with Crippen molar-refractivity contribution in [1.29, 1.82) is 0 Å². The molecule has 1 aromatic carbocycles. The van der Waals surface area contributed by atoms with E-state index in [-0.39, 0.29) is 22.0 Å². The first kappa shape index (κ1) is 24.2. The summed E-state index contributed by atoms with van der Waals surface area (Å²) in [5.41, 5.74) is 1.69. The average molecular weight is 539 g/mol. The molecule has 6 rings (SSSR count). The van der Waals surface area contributed by atoms with Gasteiger partial charge in [0.15, 0.2) is 10.8 Å². The van der Waals surface area contributed by atoms with Crippen LogP contribution in [0.2, 0.25) is 0 Å². The topological polar surface area (TPSA) is 103 Å². The highest BCUT2D eigenvalue weighted by atomic mass is 32.1. The van der Waals surface area contributed by atoms with Crippen LogP contribution in [0.25, 0.3) is 28.2 Å². The zero-order valence-corrected chi connectivity index (χ0v) is 20.7. The highest BCUT2D eigenvalue weighted by molar-refractivity contribution is 7.13. The maximum Gasteiger partial charge on any atom is 0.280 e. The van der Waals surface area contributed by atoms with Gasteiger partial charge in [-0.3, -0.25) is 4.79 Å². The quantitative estimate of drug-likeness (QED) is 0.322. The lowest BCUT2D eigenvalue weighted by Crippen LogP contribution is -2.39. The van der Waals surface area contributed by atoms with Crippen LogP contribution in [0, 0.1) is 5.82 Å². The van der Waals surface area contributed by atoms with Crippen LogP contribution < -0.4 is 5.32 Å². The van der Waals surface area contributed by atoms with Gasteiger partial charge >= 0.3 is 0 Å². The van der Waals surface area contributed by atoms with E-state index in [1.807, 2.05) is 4.57 Å². The first-order valence-electron chi connectivity index (χ1n) is 12.0. The van der Waals surface area contributed by atoms with Gasteiger partial charge in [0.25, 0.3) is 12.3 Å². The van der Waals surface area contributed by atoms with Gasteiger partial charge in [0.2, 0.25) is 0 Å². The minimum atomic E-state index is -2.67. The Kier molecular flexibility index (Phi) is 6.35. The van der Waals surface area contributed by atoms with Crippen molar-refractivity contribution >= 4 is 28.3 Å². The van der Waals surface area contributed by atoms with Crippen molar-refractivity contribution in [3.05, 3.63) is 70.8 Å². The fraction of sp³-hybridized carbons (Fsp3) is 0.280. The average Bonchev–Trinajstić information content (AvgIpc) is 3.69. The Balaban J connectivity index is 1.34. The summed E-state index contributed by atoms with van der Waals surface area (Å²) < 4.78 is 42.8. The van der Waals surface area contributed by atoms with Crippen molar-refractivity contribution in [3.8, 4) is 17.2 Å². The number of hydrogen-bond acceptors (Lipinski definition) is 7. The third-order valence-electron chi connectivity index (χ3n) is 6.58. The SMILES string of the molecule is O=C(N[C@H]1CCC[C@@H](n2c(-c3ccccc3F)nc3cc(-n4nccn4)ncc32)C1)c1ncc(C(F)F)s1. The number of halogens is 3. The van der Waals surface area contributed by atoms with Crippen molar-refractivity contribution < 1.29 is 18.0 Å². The molecule has 2 atom stereocenters. The monoisotopic (exact) mass is 538 g/mol. The van der Waals surface area contributed by atoms with Crippen molar-refractivity contribution in [2.75, 3.05) is 0 Å². The molecule has 1 saturated carbocycles. The summed E-state index contributed by atoms with van der Waals surface area (Å²) in [5, 5.41) is 11.2. The number of benzene rings is 1. The molecule has 1 aliphatic rings. The molecule has 194 valence electrons. The zero-order valence-electron chi connectivity index (χ0n) is 19.8. The summed E-state index contributed by atoms with van der Waals surface area (Å²) in [7, 11) is 0. The van der Waals surface area contributed by atoms with Gasteiger partial charge < -0.3 is 9.88 Å². The maximum absolute atomic E-state index is 14.9. The third-order valence-corrected chi connectivity index (χ3v) is 7.58. The molecule has 0 aliphatic heterocycles. The second-order valence-corrected chi connectivity index (χ2v) is 10.1. The Bertz CT molecular complexity index is 1600. The summed E-state index contributed by atoms with van der Waals surface area (Å²) in [5.74, 6) is 0.0669. The number of hydrogen-bond donors (Lipinski definition) is 1. The molecule has 13 heteroatoms. The first-order valence-corrected chi connectivity index (χ1v) is 12.8. The molecule has 1 aliphatic carbocycles. The van der Waals surface area contributed by atoms with E-state index < -0.39 is 18.1 Å². The fourth-order valence-corrected chi connectivity index (χ4v) is 5.57. The number of pyridine rings is 1. The van der Waals surface area contributed by atoms with E-state index in [0.29, 0.717) is 40.5 Å². The van der Waals surface area contributed by atoms with Crippen LogP contribution in [0.4, 0.5) is 13.2 Å². The minimum Gasteiger partial charge on any atom is -0.347 e. The fourth-order valence-electron chi connectivity index (χ4n) is 4.90. The first-order chi connectivity index (χ1) is 18.5. The Morgan fingerprint density at radius 3 is 2.68 bits per heavy atom. The summed E-state index contributed by atoms with van der Waals surface area (Å²) in [6.07, 6.45) is 6.00. The van der Waals surface area contributed by atoms with E-state index in [0.717, 1.165) is 31.0 Å². The van der Waals surface area contributed by atoms with E-state index in [2.05, 4.69) is 25.5 Å². The lowest BCUT2D eigenvalue weighted by molar-refractivity contribution is 0.0920. The third kappa shape index (κ3) is 4.53. The lowest BCUT2D eigenvalue weighted by atomic mass is 9.90. The maximum atomic E-state index is 14.9. The van der Waals surface area contributed by atoms with Crippen molar-refractivity contribution in [2.45, 2.75) is 44.2 Å². The van der Waals surface area contributed by atoms with Crippen molar-refractivity contribution in [1.82, 2.24) is 39.8 Å². The van der Waals surface area contributed by atoms with Gasteiger partial charge in [-0.1, -0.05) is 12.1 Å². The van der Waals surface area contributed by atoms with Crippen LogP contribution in [0.3, 0.4) is 0 Å². The number of imidazole rings is 1. The smallest absolute Gasteiger partial charge is 0.280 e. The van der Waals surface area contributed by atoms with Crippen LogP contribution in [-0.4, -0.2) is 46.5 Å². The number of nitrogens with zero attached hydrogens (tertiary/aromatic N) is 7. The molecule has 0 spiro atoms. The van der Waals surface area contributed by atoms with Crippen LogP contribution in [0.15, 0.2) is 55.1 Å². The van der Waals surface area contributed by atoms with E-state index >= 15 is 0 Å². The molecule has 38 heavy (non-hydrogen) atoms. The molecular formula is C25H21F3N8OS. The van der Waals surface area contributed by atoms with E-state index in [1.54, 1.807) is 42.9 Å². The van der Waals surface area contributed by atoms with Crippen LogP contribution in [-0.2, 0) is 0 Å². The van der Waals surface area contributed by atoms with Gasteiger partial charge in [-0.25, -0.2) is 28.1 Å². The zero-order chi connectivity index (χ0) is 26.2. The molecular weight excluding hydrogens is 517 g/mol. The van der Waals surface area contributed by atoms with Crippen LogP contribution >= 0.6 is 11.3 Å². The predicted molar refractivity (Wildman–Crippen MR) is 134 cm³/mol. The predicted octanol–water partition coefficient (Wildman–Crippen LogP) is 5.13. The summed E-state index contributed by atoms with van der Waals surface area (Å²) in [6.45, 7) is 0. The van der Waals surface area contributed by atoms with Crippen molar-refractivity contribution in [2.24, 2.45) is 0 Å². The number of aromatic nitrogens is 7. The highest BCUT2D eigenvalue weighted by Crippen LogP contribution is 2.37. The number of nitrogens with one attached hydrogen (secondary N) is 1. The second-order valence-electron chi connectivity index (χ2n) is 8.99. The summed E-state index contributed by atoms with van der Waals surface area (Å²) in [4.78, 5) is 27.0. The second kappa shape index (κ2) is 9.97. The number of thiazole rings is 1. The summed E-state index contributed by atoms with van der Waals surface area (Å²) >= 11 is 0.689. The van der Waals surface area contributed by atoms with Gasteiger partial charge in [-0.15, -0.1) is 16.1 Å². The van der Waals surface area contributed by atoms with Gasteiger partial charge in [0, 0.05) is 24.3 Å². The van der Waals surface area contributed by atoms with E-state index in [4.69, 9.17) is 4.98 Å². The number of carbonyl (C=O) groups excluding carboxylic acids is 1. The lowest BCUT2D eigenvalue weighted by Gasteiger charge is -2.31. The molecule has 0 bridgehead atoms. The van der Waals surface area contributed by atoms with E-state index in [1.165, 1.54) is 10.9 Å². The Morgan fingerprint density at radius 2 is 1.92 bits per heavy atom. The highest BCUT2D eigenvalue weighted by Gasteiger charge is 2.30. The Hall–Kier alpha value is -4.13. The number of fused-ring (bicyclic) bond motifs is 1. The van der Waals surface area contributed by atoms with Gasteiger partial charge in [0.05, 0.1) is 40.1 Å². The molecule has 1 N–H and O–H groups in total. The number of alkyl halides is 2. The molecule has 1 amide bonds. The van der Waals surface area contributed by atoms with Gasteiger partial charge in [-0.05, 0) is 37.8 Å². The van der Waals surface area contributed by atoms with Crippen LogP contribution in [0.1, 0.15) is 52.8 Å².